The van der Waals surface area contributed by atoms with Crippen molar-refractivity contribution >= 4 is 29.3 Å². The Kier molecular flexibility index (Phi) is 10.1. The fraction of sp³-hybridized carbons (Fsp3) is 0.400. The van der Waals surface area contributed by atoms with Gasteiger partial charge < -0.3 is 14.6 Å². The number of Topliss-reactive ketones (excluding diaryl/α,β-unsaturated/α-hetero) is 1. The Balaban J connectivity index is 2.09. The zero-order valence-electron chi connectivity index (χ0n) is 19.2. The van der Waals surface area contributed by atoms with E-state index in [0.29, 0.717) is 18.4 Å². The van der Waals surface area contributed by atoms with Crippen LogP contribution in [-0.4, -0.2) is 22.1 Å². The molecule has 0 saturated heterocycles. The number of amides is 1. The lowest BCUT2D eigenvalue weighted by atomic mass is 10.00. The van der Waals surface area contributed by atoms with Crippen molar-refractivity contribution in [3.05, 3.63) is 67.5 Å². The first-order valence-electron chi connectivity index (χ1n) is 11.1. The third-order valence-corrected chi connectivity index (χ3v) is 6.27. The average molecular weight is 474 g/mol. The number of carboxylic acid groups (broad SMARTS) is 1. The SMILES string of the molecule is CCCCCc1ccc(C=C(C)C(=O)c2c(O)cc(C(C)CCC=CNC(=O)O)oc2=O)s1. The first-order valence-corrected chi connectivity index (χ1v) is 11.9. The maximum absolute atomic E-state index is 12.8. The fourth-order valence-corrected chi connectivity index (χ4v) is 4.34. The highest BCUT2D eigenvalue weighted by atomic mass is 32.1. The van der Waals surface area contributed by atoms with E-state index in [2.05, 4.69) is 18.3 Å². The minimum atomic E-state index is -1.15. The van der Waals surface area contributed by atoms with Crippen molar-refractivity contribution in [2.24, 2.45) is 0 Å². The Hall–Kier alpha value is -3.13. The first kappa shape index (κ1) is 26.1. The van der Waals surface area contributed by atoms with Crippen molar-refractivity contribution in [1.29, 1.82) is 0 Å². The van der Waals surface area contributed by atoms with Gasteiger partial charge in [0.2, 0.25) is 0 Å². The summed E-state index contributed by atoms with van der Waals surface area (Å²) in [5, 5.41) is 21.0. The number of thiophene rings is 1. The van der Waals surface area contributed by atoms with E-state index in [1.807, 2.05) is 13.0 Å². The highest BCUT2D eigenvalue weighted by Crippen LogP contribution is 2.27. The molecule has 33 heavy (non-hydrogen) atoms. The molecule has 0 fully saturated rings. The van der Waals surface area contributed by atoms with Crippen LogP contribution in [0.2, 0.25) is 0 Å². The standard InChI is InChI=1S/C25H31NO6S/c1-4-5-6-10-18-11-12-19(33-18)14-17(3)23(28)22-20(27)15-21(32-24(22)29)16(2)9-7-8-13-26-25(30)31/h8,11-16,26-27H,4-7,9-10H2,1-3H3,(H,30,31). The number of aryl methyl sites for hydroxylation is 1. The van der Waals surface area contributed by atoms with Gasteiger partial charge >= 0.3 is 11.7 Å². The maximum Gasteiger partial charge on any atom is 0.408 e. The number of carbonyl (C=O) groups is 2. The molecule has 8 heteroatoms. The van der Waals surface area contributed by atoms with Crippen LogP contribution in [0.5, 0.6) is 5.75 Å². The van der Waals surface area contributed by atoms with Crippen LogP contribution in [0.1, 0.15) is 84.7 Å². The summed E-state index contributed by atoms with van der Waals surface area (Å²) < 4.78 is 5.33. The van der Waals surface area contributed by atoms with Gasteiger partial charge in [-0.25, -0.2) is 9.59 Å². The van der Waals surface area contributed by atoms with Gasteiger partial charge in [-0.05, 0) is 56.4 Å². The van der Waals surface area contributed by atoms with Crippen molar-refractivity contribution in [3.8, 4) is 5.75 Å². The van der Waals surface area contributed by atoms with E-state index in [0.717, 1.165) is 24.1 Å². The molecule has 1 atom stereocenters. The van der Waals surface area contributed by atoms with Crippen molar-refractivity contribution in [2.45, 2.75) is 65.2 Å². The molecular weight excluding hydrogens is 442 g/mol. The van der Waals surface area contributed by atoms with E-state index >= 15 is 0 Å². The largest absolute Gasteiger partial charge is 0.507 e. The number of hydrogen-bond acceptors (Lipinski definition) is 6. The first-order chi connectivity index (χ1) is 15.7. The Morgan fingerprint density at radius 3 is 2.70 bits per heavy atom. The maximum atomic E-state index is 12.8. The van der Waals surface area contributed by atoms with Gasteiger partial charge in [0.15, 0.2) is 5.78 Å². The highest BCUT2D eigenvalue weighted by molar-refractivity contribution is 7.12. The molecule has 0 aliphatic rings. The van der Waals surface area contributed by atoms with Gasteiger partial charge in [-0.2, -0.15) is 0 Å². The van der Waals surface area contributed by atoms with Crippen molar-refractivity contribution in [2.75, 3.05) is 0 Å². The van der Waals surface area contributed by atoms with Gasteiger partial charge in [-0.15, -0.1) is 11.3 Å². The van der Waals surface area contributed by atoms with E-state index in [-0.39, 0.29) is 17.2 Å². The minimum Gasteiger partial charge on any atom is -0.507 e. The summed E-state index contributed by atoms with van der Waals surface area (Å²) >= 11 is 1.62. The van der Waals surface area contributed by atoms with Gasteiger partial charge in [0.1, 0.15) is 17.1 Å². The molecule has 2 rings (SSSR count). The van der Waals surface area contributed by atoms with Crippen LogP contribution < -0.4 is 10.9 Å². The number of aromatic hydroxyl groups is 1. The number of carbonyl (C=O) groups excluding carboxylic acids is 1. The zero-order chi connectivity index (χ0) is 24.4. The summed E-state index contributed by atoms with van der Waals surface area (Å²) in [6.45, 7) is 5.60. The molecule has 0 aliphatic carbocycles. The molecule has 2 heterocycles. The molecule has 2 aromatic rings. The molecule has 0 spiro atoms. The third-order valence-electron chi connectivity index (χ3n) is 5.18. The lowest BCUT2D eigenvalue weighted by Gasteiger charge is -2.11. The molecule has 0 bridgehead atoms. The number of unbranched alkanes of at least 4 members (excludes halogenated alkanes) is 2. The zero-order valence-corrected chi connectivity index (χ0v) is 20.0. The number of hydrogen-bond donors (Lipinski definition) is 3. The van der Waals surface area contributed by atoms with Gasteiger partial charge in [0, 0.05) is 27.9 Å². The molecule has 1 amide bonds. The van der Waals surface area contributed by atoms with Crippen LogP contribution in [0.4, 0.5) is 4.79 Å². The summed E-state index contributed by atoms with van der Waals surface area (Å²) in [4.78, 5) is 37.9. The molecule has 1 unspecified atom stereocenters. The molecule has 178 valence electrons. The third kappa shape index (κ3) is 8.05. The lowest BCUT2D eigenvalue weighted by Crippen LogP contribution is -2.16. The topological polar surface area (TPSA) is 117 Å². The quantitative estimate of drug-likeness (QED) is 0.195. The predicted molar refractivity (Wildman–Crippen MR) is 130 cm³/mol. The van der Waals surface area contributed by atoms with Crippen molar-refractivity contribution in [1.82, 2.24) is 5.32 Å². The van der Waals surface area contributed by atoms with Crippen molar-refractivity contribution < 1.29 is 24.2 Å². The molecule has 3 N–H and O–H groups in total. The average Bonchev–Trinajstić information content (AvgIpc) is 3.19. The van der Waals surface area contributed by atoms with Crippen LogP contribution >= 0.6 is 11.3 Å². The Labute approximate surface area is 197 Å². The van der Waals surface area contributed by atoms with E-state index in [1.165, 1.54) is 23.6 Å². The second-order valence-electron chi connectivity index (χ2n) is 7.94. The van der Waals surface area contributed by atoms with Crippen LogP contribution in [0.15, 0.2) is 45.3 Å². The minimum absolute atomic E-state index is 0.212. The van der Waals surface area contributed by atoms with Crippen LogP contribution in [0.25, 0.3) is 6.08 Å². The van der Waals surface area contributed by atoms with Gasteiger partial charge in [-0.3, -0.25) is 10.1 Å². The molecule has 0 aromatic carbocycles. The predicted octanol–water partition coefficient (Wildman–Crippen LogP) is 6.09. The monoisotopic (exact) mass is 473 g/mol. The smallest absolute Gasteiger partial charge is 0.408 e. The molecule has 0 aliphatic heterocycles. The van der Waals surface area contributed by atoms with Crippen LogP contribution in [0, 0.1) is 0 Å². The van der Waals surface area contributed by atoms with Gasteiger partial charge in [0.05, 0.1) is 0 Å². The normalized spacial score (nSPS) is 12.8. The number of ketones is 1. The molecule has 7 nitrogen and oxygen atoms in total. The van der Waals surface area contributed by atoms with Gasteiger partial charge in [-0.1, -0.05) is 32.8 Å². The second kappa shape index (κ2) is 12.8. The summed E-state index contributed by atoms with van der Waals surface area (Å²) in [7, 11) is 0. The van der Waals surface area contributed by atoms with E-state index in [1.54, 1.807) is 30.4 Å². The van der Waals surface area contributed by atoms with E-state index < -0.39 is 23.3 Å². The summed E-state index contributed by atoms with van der Waals surface area (Å²) in [6.07, 6.45) is 9.13. The lowest BCUT2D eigenvalue weighted by molar-refractivity contribution is 0.102. The number of nitrogens with one attached hydrogen (secondary N) is 1. The molecular formula is C25H31NO6S. The second-order valence-corrected chi connectivity index (χ2v) is 9.14. The van der Waals surface area contributed by atoms with Crippen LogP contribution in [0.3, 0.4) is 0 Å². The summed E-state index contributed by atoms with van der Waals surface area (Å²) in [6, 6.07) is 5.32. The molecule has 0 radical (unpaired) electrons. The van der Waals surface area contributed by atoms with Crippen LogP contribution in [-0.2, 0) is 6.42 Å². The van der Waals surface area contributed by atoms with E-state index in [4.69, 9.17) is 9.52 Å². The molecule has 0 saturated carbocycles. The number of allylic oxidation sites excluding steroid dienone is 2. The fourth-order valence-electron chi connectivity index (χ4n) is 3.28. The highest BCUT2D eigenvalue weighted by Gasteiger charge is 2.22. The Morgan fingerprint density at radius 2 is 2.03 bits per heavy atom. The molecule has 2 aromatic heterocycles. The summed E-state index contributed by atoms with van der Waals surface area (Å²) in [5.41, 5.74) is -0.898. The van der Waals surface area contributed by atoms with Crippen molar-refractivity contribution in [3.63, 3.8) is 0 Å². The van der Waals surface area contributed by atoms with Gasteiger partial charge in [0.25, 0.3) is 0 Å². The Bertz CT molecular complexity index is 1080. The number of rotatable bonds is 12. The van der Waals surface area contributed by atoms with E-state index in [9.17, 15) is 19.5 Å². The Morgan fingerprint density at radius 1 is 1.27 bits per heavy atom. The summed E-state index contributed by atoms with van der Waals surface area (Å²) in [5.74, 6) is -0.911.